The van der Waals surface area contributed by atoms with Crippen LogP contribution in [0.3, 0.4) is 0 Å². The van der Waals surface area contributed by atoms with E-state index in [4.69, 9.17) is 4.74 Å². The first-order valence-electron chi connectivity index (χ1n) is 15.2. The largest absolute Gasteiger partial charge is 0.497 e. The van der Waals surface area contributed by atoms with Crippen molar-refractivity contribution >= 4 is 26.7 Å². The molecule has 1 amide bonds. The van der Waals surface area contributed by atoms with Crippen molar-refractivity contribution in [3.8, 4) is 5.75 Å². The van der Waals surface area contributed by atoms with Crippen LogP contribution in [0.25, 0.3) is 10.8 Å². The zero-order chi connectivity index (χ0) is 29.8. The first kappa shape index (κ1) is 29.3. The third-order valence-electron chi connectivity index (χ3n) is 9.28. The van der Waals surface area contributed by atoms with Gasteiger partial charge in [-0.25, -0.2) is 13.1 Å². The summed E-state index contributed by atoms with van der Waals surface area (Å²) in [7, 11) is -1.91. The molecule has 1 saturated carbocycles. The molecule has 2 N–H and O–H groups in total. The van der Waals surface area contributed by atoms with Gasteiger partial charge in [-0.3, -0.25) is 9.78 Å². The quantitative estimate of drug-likeness (QED) is 0.255. The van der Waals surface area contributed by atoms with E-state index in [9.17, 15) is 13.2 Å². The maximum atomic E-state index is 13.5. The molecule has 0 radical (unpaired) electrons. The van der Waals surface area contributed by atoms with E-state index in [-0.39, 0.29) is 34.6 Å². The molecule has 0 aliphatic heterocycles. The van der Waals surface area contributed by atoms with Crippen LogP contribution in [0.2, 0.25) is 0 Å². The second kappa shape index (κ2) is 12.9. The molecule has 2 atom stereocenters. The van der Waals surface area contributed by atoms with Crippen LogP contribution in [0.4, 0.5) is 0 Å². The minimum absolute atomic E-state index is 0.0417. The summed E-state index contributed by atoms with van der Waals surface area (Å²) in [5, 5.41) is 5.35. The van der Waals surface area contributed by atoms with Crippen LogP contribution in [-0.4, -0.2) is 39.0 Å². The summed E-state index contributed by atoms with van der Waals surface area (Å²) in [4.78, 5) is 18.1. The molecule has 6 rings (SSSR count). The molecule has 43 heavy (non-hydrogen) atoms. The summed E-state index contributed by atoms with van der Waals surface area (Å²) in [6, 6.07) is 23.4. The molecular weight excluding hydrogens is 558 g/mol. The highest BCUT2D eigenvalue weighted by atomic mass is 32.2. The second-order valence-corrected chi connectivity index (χ2v) is 13.7. The number of amides is 1. The van der Waals surface area contributed by atoms with E-state index in [0.717, 1.165) is 67.0 Å². The molecule has 4 aromatic rings. The third kappa shape index (κ3) is 6.76. The summed E-state index contributed by atoms with van der Waals surface area (Å²) in [6.45, 7) is 0.388. The zero-order valence-corrected chi connectivity index (χ0v) is 25.4. The number of hydrogen-bond donors (Lipinski definition) is 2. The van der Waals surface area contributed by atoms with Gasteiger partial charge in [0.05, 0.1) is 12.0 Å². The van der Waals surface area contributed by atoms with Gasteiger partial charge in [0.2, 0.25) is 15.9 Å². The lowest BCUT2D eigenvalue weighted by molar-refractivity contribution is -0.127. The molecule has 0 saturated heterocycles. The van der Waals surface area contributed by atoms with Gasteiger partial charge in [-0.1, -0.05) is 42.5 Å². The van der Waals surface area contributed by atoms with Crippen LogP contribution in [-0.2, 0) is 27.7 Å². The highest BCUT2D eigenvalue weighted by molar-refractivity contribution is 7.89. The number of benzene rings is 3. The van der Waals surface area contributed by atoms with E-state index in [2.05, 4.69) is 33.2 Å². The second-order valence-electron chi connectivity index (χ2n) is 12.0. The summed E-state index contributed by atoms with van der Waals surface area (Å²) < 4.78 is 34.3. The molecule has 7 nitrogen and oxygen atoms in total. The Bertz CT molecular complexity index is 1680. The van der Waals surface area contributed by atoms with E-state index in [1.165, 1.54) is 11.1 Å². The van der Waals surface area contributed by atoms with Gasteiger partial charge < -0.3 is 10.1 Å². The van der Waals surface area contributed by atoms with Gasteiger partial charge in [-0.05, 0) is 109 Å². The highest BCUT2D eigenvalue weighted by Gasteiger charge is 2.34. The van der Waals surface area contributed by atoms with Gasteiger partial charge in [-0.2, -0.15) is 0 Å². The third-order valence-corrected chi connectivity index (χ3v) is 10.7. The lowest BCUT2D eigenvalue weighted by Gasteiger charge is -2.36. The molecule has 224 valence electrons. The maximum absolute atomic E-state index is 13.5. The Morgan fingerprint density at radius 1 is 0.930 bits per heavy atom. The number of fused-ring (bicyclic) bond motifs is 2. The first-order chi connectivity index (χ1) is 20.9. The van der Waals surface area contributed by atoms with Crippen molar-refractivity contribution in [2.24, 2.45) is 11.8 Å². The number of carbonyl (C=O) groups is 1. The van der Waals surface area contributed by atoms with Crippen molar-refractivity contribution in [3.63, 3.8) is 0 Å². The average Bonchev–Trinajstić information content (AvgIpc) is 3.05. The smallest absolute Gasteiger partial charge is 0.240 e. The SMILES string of the molecule is COc1ccc2c(c1)CC[C@@H](NC(=O)C1CCC(CNS(=O)(=O)c3ccc4ccccc4c3)CC1)C2Cc1cccnc1. The molecule has 1 fully saturated rings. The molecular formula is C35H39N3O4S. The van der Waals surface area contributed by atoms with Crippen LogP contribution in [0, 0.1) is 11.8 Å². The molecule has 0 spiro atoms. The summed E-state index contributed by atoms with van der Waals surface area (Å²) in [6.07, 6.45) is 9.45. The maximum Gasteiger partial charge on any atom is 0.240 e. The first-order valence-corrected chi connectivity index (χ1v) is 16.7. The van der Waals surface area contributed by atoms with Crippen molar-refractivity contribution < 1.29 is 17.9 Å². The molecule has 8 heteroatoms. The van der Waals surface area contributed by atoms with E-state index >= 15 is 0 Å². The monoisotopic (exact) mass is 597 g/mol. The Hall–Kier alpha value is -3.75. The molecule has 2 aliphatic carbocycles. The minimum atomic E-state index is -3.60. The van der Waals surface area contributed by atoms with Crippen molar-refractivity contribution in [2.45, 2.75) is 61.8 Å². The zero-order valence-electron chi connectivity index (χ0n) is 24.5. The van der Waals surface area contributed by atoms with Crippen LogP contribution in [0.15, 0.2) is 90.1 Å². The number of methoxy groups -OCH3 is 1. The van der Waals surface area contributed by atoms with E-state index in [1.807, 2.05) is 48.7 Å². The number of nitrogens with one attached hydrogen (secondary N) is 2. The van der Waals surface area contributed by atoms with Crippen molar-refractivity contribution in [2.75, 3.05) is 13.7 Å². The number of sulfonamides is 1. The van der Waals surface area contributed by atoms with E-state index in [0.29, 0.717) is 6.54 Å². The average molecular weight is 598 g/mol. The van der Waals surface area contributed by atoms with Gasteiger partial charge in [0.15, 0.2) is 0 Å². The van der Waals surface area contributed by atoms with Crippen LogP contribution in [0.5, 0.6) is 5.75 Å². The molecule has 1 unspecified atom stereocenters. The number of ether oxygens (including phenoxy) is 1. The number of rotatable bonds is 9. The van der Waals surface area contributed by atoms with Gasteiger partial charge in [0.25, 0.3) is 0 Å². The number of aromatic nitrogens is 1. The Morgan fingerprint density at radius 2 is 1.74 bits per heavy atom. The fourth-order valence-corrected chi connectivity index (χ4v) is 7.94. The molecule has 3 aromatic carbocycles. The van der Waals surface area contributed by atoms with Crippen molar-refractivity contribution in [3.05, 3.63) is 102 Å². The number of hydrogen-bond acceptors (Lipinski definition) is 5. The fourth-order valence-electron chi connectivity index (χ4n) is 6.79. The normalized spacial score (nSPS) is 22.1. The predicted octanol–water partition coefficient (Wildman–Crippen LogP) is 5.79. The molecule has 1 heterocycles. The number of aryl methyl sites for hydroxylation is 1. The van der Waals surface area contributed by atoms with Crippen molar-refractivity contribution in [1.82, 2.24) is 15.0 Å². The van der Waals surface area contributed by atoms with Gasteiger partial charge in [0, 0.05) is 36.8 Å². The fraction of sp³-hybridized carbons (Fsp3) is 0.371. The Labute approximate surface area is 254 Å². The number of carbonyl (C=O) groups excluding carboxylic acids is 1. The van der Waals surface area contributed by atoms with Gasteiger partial charge >= 0.3 is 0 Å². The Balaban J connectivity index is 1.06. The Kier molecular flexibility index (Phi) is 8.77. The van der Waals surface area contributed by atoms with Crippen LogP contribution >= 0.6 is 0 Å². The molecule has 1 aromatic heterocycles. The Morgan fingerprint density at radius 3 is 2.51 bits per heavy atom. The summed E-state index contributed by atoms with van der Waals surface area (Å²) >= 11 is 0. The summed E-state index contributed by atoms with van der Waals surface area (Å²) in [5.41, 5.74) is 3.70. The van der Waals surface area contributed by atoms with Crippen LogP contribution < -0.4 is 14.8 Å². The lowest BCUT2D eigenvalue weighted by Crippen LogP contribution is -2.46. The highest BCUT2D eigenvalue weighted by Crippen LogP contribution is 2.37. The minimum Gasteiger partial charge on any atom is -0.497 e. The van der Waals surface area contributed by atoms with E-state index in [1.54, 1.807) is 25.4 Å². The lowest BCUT2D eigenvalue weighted by atomic mass is 9.75. The van der Waals surface area contributed by atoms with E-state index < -0.39 is 10.0 Å². The standard InChI is InChI=1S/C35H39N3O4S/c1-42-30-14-16-32-29(20-30)13-17-34(33(32)19-25-5-4-18-36-22-25)38-35(39)27-10-8-24(9-11-27)23-37-43(40,41)31-15-12-26-6-2-3-7-28(26)21-31/h2-7,12,14-16,18,20-22,24,27,33-34,37H,8-11,13,17,19,23H2,1H3,(H,38,39)/t24?,27?,33?,34-/m1/s1. The van der Waals surface area contributed by atoms with Crippen LogP contribution in [0.1, 0.15) is 54.7 Å². The predicted molar refractivity (Wildman–Crippen MR) is 169 cm³/mol. The number of nitrogens with zero attached hydrogens (tertiary/aromatic N) is 1. The summed E-state index contributed by atoms with van der Waals surface area (Å²) in [5.74, 6) is 1.30. The number of pyridine rings is 1. The van der Waals surface area contributed by atoms with Crippen molar-refractivity contribution in [1.29, 1.82) is 0 Å². The van der Waals surface area contributed by atoms with Gasteiger partial charge in [-0.15, -0.1) is 0 Å². The molecule has 0 bridgehead atoms. The molecule has 2 aliphatic rings. The van der Waals surface area contributed by atoms with Gasteiger partial charge in [0.1, 0.15) is 5.75 Å². The topological polar surface area (TPSA) is 97.4 Å².